The third-order valence-corrected chi connectivity index (χ3v) is 5.63. The molecule has 2 aromatic rings. The molecule has 0 atom stereocenters. The lowest BCUT2D eigenvalue weighted by molar-refractivity contribution is -0.115. The van der Waals surface area contributed by atoms with Crippen molar-refractivity contribution in [3.8, 4) is 5.88 Å². The van der Waals surface area contributed by atoms with Crippen LogP contribution in [-0.4, -0.2) is 89.4 Å². The molecule has 32 heavy (non-hydrogen) atoms. The van der Waals surface area contributed by atoms with Gasteiger partial charge in [0.1, 0.15) is 6.61 Å². The number of nitrogens with zero attached hydrogens (tertiary/aromatic N) is 7. The fourth-order valence-corrected chi connectivity index (χ4v) is 3.84. The first-order valence-corrected chi connectivity index (χ1v) is 11.0. The van der Waals surface area contributed by atoms with Crippen molar-refractivity contribution in [3.63, 3.8) is 0 Å². The maximum absolute atomic E-state index is 11.9. The highest BCUT2D eigenvalue weighted by molar-refractivity contribution is 8.18. The Morgan fingerprint density at radius 3 is 2.41 bits per heavy atom. The molecule has 2 aliphatic rings. The number of rotatable bonds is 7. The first-order chi connectivity index (χ1) is 15.5. The van der Waals surface area contributed by atoms with Crippen LogP contribution >= 0.6 is 11.8 Å². The van der Waals surface area contributed by atoms with Crippen LogP contribution in [0.5, 0.6) is 5.88 Å². The quantitative estimate of drug-likeness (QED) is 0.598. The van der Waals surface area contributed by atoms with Gasteiger partial charge in [-0.05, 0) is 38.0 Å². The summed E-state index contributed by atoms with van der Waals surface area (Å²) < 4.78 is 5.84. The molecular weight excluding hydrogens is 432 g/mol. The Morgan fingerprint density at radius 1 is 1.09 bits per heavy atom. The normalized spacial score (nSPS) is 17.9. The van der Waals surface area contributed by atoms with E-state index >= 15 is 0 Å². The van der Waals surface area contributed by atoms with Crippen LogP contribution < -0.4 is 19.9 Å². The first-order valence-electron chi connectivity index (χ1n) is 10.2. The zero-order valence-electron chi connectivity index (χ0n) is 17.9. The Kier molecular flexibility index (Phi) is 6.81. The summed E-state index contributed by atoms with van der Waals surface area (Å²) in [6.07, 6.45) is 5.05. The van der Waals surface area contributed by atoms with Crippen molar-refractivity contribution in [1.82, 2.24) is 30.2 Å². The fourth-order valence-electron chi connectivity index (χ4n) is 3.17. The van der Waals surface area contributed by atoms with E-state index in [1.54, 1.807) is 30.6 Å². The van der Waals surface area contributed by atoms with Crippen molar-refractivity contribution in [2.24, 2.45) is 0 Å². The van der Waals surface area contributed by atoms with Gasteiger partial charge in [0.15, 0.2) is 0 Å². The predicted molar refractivity (Wildman–Crippen MR) is 122 cm³/mol. The van der Waals surface area contributed by atoms with E-state index in [4.69, 9.17) is 4.74 Å². The molecule has 168 valence electrons. The zero-order valence-corrected chi connectivity index (χ0v) is 18.7. The van der Waals surface area contributed by atoms with Gasteiger partial charge in [-0.1, -0.05) is 0 Å². The van der Waals surface area contributed by atoms with Crippen LogP contribution in [0.1, 0.15) is 5.69 Å². The minimum Gasteiger partial charge on any atom is -0.476 e. The lowest BCUT2D eigenvalue weighted by Crippen LogP contribution is -2.47. The summed E-state index contributed by atoms with van der Waals surface area (Å²) in [5, 5.41) is 1.86. The Labute approximate surface area is 189 Å². The molecule has 4 heterocycles. The summed E-state index contributed by atoms with van der Waals surface area (Å²) in [6, 6.07) is 3.47. The molecule has 11 nitrogen and oxygen atoms in total. The van der Waals surface area contributed by atoms with Crippen molar-refractivity contribution in [2.45, 2.75) is 0 Å². The number of amides is 2. The molecule has 1 N–H and O–H groups in total. The second kappa shape index (κ2) is 9.92. The maximum atomic E-state index is 11.9. The summed E-state index contributed by atoms with van der Waals surface area (Å²) >= 11 is 0.855. The monoisotopic (exact) mass is 456 g/mol. The van der Waals surface area contributed by atoms with Crippen LogP contribution in [0.2, 0.25) is 0 Å². The molecule has 0 saturated carbocycles. The maximum Gasteiger partial charge on any atom is 0.290 e. The summed E-state index contributed by atoms with van der Waals surface area (Å²) in [5.41, 5.74) is 0.510. The van der Waals surface area contributed by atoms with Crippen molar-refractivity contribution >= 4 is 40.9 Å². The number of anilines is 2. The smallest absolute Gasteiger partial charge is 0.290 e. The topological polar surface area (TPSA) is 117 Å². The highest BCUT2D eigenvalue weighted by Gasteiger charge is 2.26. The van der Waals surface area contributed by atoms with E-state index in [1.807, 2.05) is 19.0 Å². The Balaban J connectivity index is 1.53. The van der Waals surface area contributed by atoms with E-state index in [0.29, 0.717) is 48.1 Å². The molecule has 0 radical (unpaired) electrons. The lowest BCUT2D eigenvalue weighted by Gasteiger charge is -2.34. The van der Waals surface area contributed by atoms with Crippen LogP contribution in [0, 0.1) is 0 Å². The third-order valence-electron chi connectivity index (χ3n) is 4.82. The zero-order chi connectivity index (χ0) is 22.5. The fraction of sp³-hybridized carbons (Fsp3) is 0.400. The molecule has 2 aromatic heterocycles. The number of ether oxygens (including phenoxy) is 1. The number of hydrogen-bond donors (Lipinski definition) is 1. The highest BCUT2D eigenvalue weighted by atomic mass is 32.2. The van der Waals surface area contributed by atoms with Crippen LogP contribution in [0.15, 0.2) is 29.4 Å². The van der Waals surface area contributed by atoms with Crippen LogP contribution in [0.4, 0.5) is 16.7 Å². The molecule has 12 heteroatoms. The number of carbonyl (C=O) groups is 2. The molecule has 4 rings (SSSR count). The molecule has 2 saturated heterocycles. The minimum atomic E-state index is -0.424. The van der Waals surface area contributed by atoms with Gasteiger partial charge in [-0.3, -0.25) is 14.9 Å². The van der Waals surface area contributed by atoms with Gasteiger partial charge in [-0.25, -0.2) is 15.0 Å². The number of hydrogen-bond acceptors (Lipinski definition) is 11. The number of piperazine rings is 1. The second-order valence-corrected chi connectivity index (χ2v) is 8.47. The number of aromatic nitrogens is 4. The third kappa shape index (κ3) is 5.51. The van der Waals surface area contributed by atoms with E-state index in [9.17, 15) is 9.59 Å². The van der Waals surface area contributed by atoms with Crippen molar-refractivity contribution < 1.29 is 14.3 Å². The van der Waals surface area contributed by atoms with Crippen LogP contribution in [-0.2, 0) is 4.79 Å². The van der Waals surface area contributed by atoms with Gasteiger partial charge in [-0.15, -0.1) is 0 Å². The summed E-state index contributed by atoms with van der Waals surface area (Å²) in [6.45, 7) is 4.02. The van der Waals surface area contributed by atoms with Gasteiger partial charge >= 0.3 is 0 Å². The molecule has 2 fully saturated rings. The van der Waals surface area contributed by atoms with E-state index in [0.717, 1.165) is 31.4 Å². The number of likely N-dealkylation sites (N-methyl/N-ethyl adjacent to an activating group) is 1. The molecule has 0 aliphatic carbocycles. The van der Waals surface area contributed by atoms with Crippen LogP contribution in [0.25, 0.3) is 6.08 Å². The van der Waals surface area contributed by atoms with Crippen molar-refractivity contribution in [3.05, 3.63) is 35.1 Å². The number of carbonyl (C=O) groups excluding carboxylic acids is 2. The number of imide groups is 1. The number of thioether (sulfide) groups is 1. The average Bonchev–Trinajstić information content (AvgIpc) is 3.10. The van der Waals surface area contributed by atoms with E-state index < -0.39 is 11.1 Å². The highest BCUT2D eigenvalue weighted by Crippen LogP contribution is 2.27. The van der Waals surface area contributed by atoms with Gasteiger partial charge in [0, 0.05) is 51.2 Å². The Morgan fingerprint density at radius 2 is 1.78 bits per heavy atom. The van der Waals surface area contributed by atoms with Gasteiger partial charge in [0.25, 0.3) is 11.1 Å². The standard InChI is InChI=1S/C20H24N8O3S/c1-26(2)10-11-31-16-13-14(12-15-17(29)25-20(30)32-15)23-19(24-16)28-8-6-27(7-9-28)18-21-4-3-5-22-18/h3-5,12-13H,6-11H2,1-2H3,(H,25,29,30)/b15-12-. The van der Waals surface area contributed by atoms with Gasteiger partial charge in [0.2, 0.25) is 17.8 Å². The molecule has 0 spiro atoms. The van der Waals surface area contributed by atoms with E-state index in [-0.39, 0.29) is 0 Å². The van der Waals surface area contributed by atoms with Crippen molar-refractivity contribution in [1.29, 1.82) is 0 Å². The summed E-state index contributed by atoms with van der Waals surface area (Å²) in [4.78, 5) is 47.8. The Bertz CT molecular complexity index is 1010. The molecule has 2 aliphatic heterocycles. The van der Waals surface area contributed by atoms with Gasteiger partial charge in [0.05, 0.1) is 10.6 Å². The van der Waals surface area contributed by atoms with E-state index in [2.05, 4.69) is 35.1 Å². The lowest BCUT2D eigenvalue weighted by atomic mass is 10.3. The molecule has 0 bridgehead atoms. The molecule has 0 unspecified atom stereocenters. The predicted octanol–water partition coefficient (Wildman–Crippen LogP) is 0.857. The number of nitrogens with one attached hydrogen (secondary N) is 1. The van der Waals surface area contributed by atoms with Crippen molar-refractivity contribution in [2.75, 3.05) is 63.2 Å². The van der Waals surface area contributed by atoms with Gasteiger partial charge in [-0.2, -0.15) is 4.98 Å². The summed E-state index contributed by atoms with van der Waals surface area (Å²) in [5.74, 6) is 1.22. The Hall–Kier alpha value is -3.25. The van der Waals surface area contributed by atoms with Crippen LogP contribution in [0.3, 0.4) is 0 Å². The van der Waals surface area contributed by atoms with E-state index in [1.165, 1.54) is 0 Å². The summed E-state index contributed by atoms with van der Waals surface area (Å²) in [7, 11) is 3.93. The largest absolute Gasteiger partial charge is 0.476 e. The molecule has 2 amide bonds. The second-order valence-electron chi connectivity index (χ2n) is 7.46. The van der Waals surface area contributed by atoms with Gasteiger partial charge < -0.3 is 19.4 Å². The average molecular weight is 457 g/mol. The molecule has 0 aromatic carbocycles. The first kappa shape index (κ1) is 22.0. The SMILES string of the molecule is CN(C)CCOc1cc(/C=C2\SC(=O)NC2=O)nc(N2CCN(c3ncccn3)CC2)n1. The minimum absolute atomic E-state index is 0.296. The molecular formula is C20H24N8O3S.